The van der Waals surface area contributed by atoms with Crippen LogP contribution in [0.4, 0.5) is 0 Å². The fourth-order valence-corrected chi connectivity index (χ4v) is 2.93. The summed E-state index contributed by atoms with van der Waals surface area (Å²) < 4.78 is 22.2. The molecule has 1 aromatic carbocycles. The second-order valence-electron chi connectivity index (χ2n) is 4.02. The van der Waals surface area contributed by atoms with Crippen molar-refractivity contribution in [3.63, 3.8) is 0 Å². The van der Waals surface area contributed by atoms with Gasteiger partial charge in [-0.3, -0.25) is 4.21 Å². The van der Waals surface area contributed by atoms with Gasteiger partial charge in [0, 0.05) is 33.9 Å². The summed E-state index contributed by atoms with van der Waals surface area (Å²) in [6.45, 7) is 2.01. The minimum Gasteiger partial charge on any atom is -0.497 e. The van der Waals surface area contributed by atoms with Crippen molar-refractivity contribution >= 4 is 10.8 Å². The molecular weight excluding hydrogens is 250 g/mol. The molecule has 4 nitrogen and oxygen atoms in total. The van der Waals surface area contributed by atoms with Crippen molar-refractivity contribution in [2.45, 2.75) is 19.4 Å². The molecule has 0 aliphatic heterocycles. The van der Waals surface area contributed by atoms with Crippen LogP contribution in [0.15, 0.2) is 18.2 Å². The quantitative estimate of drug-likeness (QED) is 0.822. The number of methoxy groups -OCH3 is 2. The van der Waals surface area contributed by atoms with E-state index in [9.17, 15) is 4.21 Å². The van der Waals surface area contributed by atoms with Gasteiger partial charge in [-0.2, -0.15) is 0 Å². The molecule has 102 valence electrons. The van der Waals surface area contributed by atoms with Crippen LogP contribution in [0.2, 0.25) is 0 Å². The Labute approximate surface area is 111 Å². The van der Waals surface area contributed by atoms with E-state index in [2.05, 4.69) is 0 Å². The van der Waals surface area contributed by atoms with Crippen LogP contribution >= 0.6 is 0 Å². The number of benzene rings is 1. The minimum atomic E-state index is -0.891. The molecule has 0 fully saturated rings. The molecule has 18 heavy (non-hydrogen) atoms. The molecule has 0 aromatic heterocycles. The van der Waals surface area contributed by atoms with Gasteiger partial charge >= 0.3 is 0 Å². The van der Waals surface area contributed by atoms with Crippen LogP contribution in [-0.2, 0) is 10.8 Å². The molecule has 2 atom stereocenters. The van der Waals surface area contributed by atoms with E-state index >= 15 is 0 Å². The summed E-state index contributed by atoms with van der Waals surface area (Å²) in [6.07, 6.45) is 0.897. The molecular formula is C13H21NO3S. The summed E-state index contributed by atoms with van der Waals surface area (Å²) in [5.41, 5.74) is 6.93. The fourth-order valence-electron chi connectivity index (χ4n) is 1.73. The maximum absolute atomic E-state index is 11.7. The van der Waals surface area contributed by atoms with E-state index in [1.165, 1.54) is 0 Å². The molecule has 0 aliphatic rings. The topological polar surface area (TPSA) is 61.6 Å². The largest absolute Gasteiger partial charge is 0.497 e. The van der Waals surface area contributed by atoms with Crippen molar-refractivity contribution in [3.8, 4) is 11.5 Å². The maximum atomic E-state index is 11.7. The van der Waals surface area contributed by atoms with Gasteiger partial charge in [0.1, 0.15) is 11.5 Å². The number of ether oxygens (including phenoxy) is 2. The molecule has 0 spiro atoms. The van der Waals surface area contributed by atoms with Crippen LogP contribution in [0.25, 0.3) is 0 Å². The Morgan fingerprint density at radius 1 is 1.33 bits per heavy atom. The van der Waals surface area contributed by atoms with E-state index in [0.717, 1.165) is 17.7 Å². The lowest BCUT2D eigenvalue weighted by Crippen LogP contribution is -2.20. The third-order valence-electron chi connectivity index (χ3n) is 2.63. The molecule has 1 aromatic rings. The van der Waals surface area contributed by atoms with E-state index in [1.807, 2.05) is 25.1 Å². The van der Waals surface area contributed by atoms with Crippen LogP contribution in [0.1, 0.15) is 24.9 Å². The van der Waals surface area contributed by atoms with Crippen LogP contribution in [0.3, 0.4) is 0 Å². The zero-order valence-corrected chi connectivity index (χ0v) is 12.0. The monoisotopic (exact) mass is 271 g/mol. The van der Waals surface area contributed by atoms with E-state index < -0.39 is 10.8 Å². The van der Waals surface area contributed by atoms with Crippen molar-refractivity contribution in [1.82, 2.24) is 0 Å². The van der Waals surface area contributed by atoms with Crippen LogP contribution in [-0.4, -0.2) is 29.9 Å². The van der Waals surface area contributed by atoms with Gasteiger partial charge in [0.2, 0.25) is 0 Å². The third kappa shape index (κ3) is 3.99. The molecule has 2 unspecified atom stereocenters. The fraction of sp³-hybridized carbons (Fsp3) is 0.538. The Bertz CT molecular complexity index is 409. The van der Waals surface area contributed by atoms with Gasteiger partial charge in [0.05, 0.1) is 14.2 Å². The van der Waals surface area contributed by atoms with Crippen LogP contribution in [0, 0.1) is 0 Å². The average Bonchev–Trinajstić information content (AvgIpc) is 2.38. The van der Waals surface area contributed by atoms with Crippen molar-refractivity contribution in [2.24, 2.45) is 5.73 Å². The molecule has 0 saturated carbocycles. The molecule has 0 amide bonds. The summed E-state index contributed by atoms with van der Waals surface area (Å²) >= 11 is 0. The Hall–Kier alpha value is -1.07. The molecule has 5 heteroatoms. The lowest BCUT2D eigenvalue weighted by molar-refractivity contribution is 0.396. The van der Waals surface area contributed by atoms with Crippen molar-refractivity contribution in [1.29, 1.82) is 0 Å². The predicted molar refractivity (Wildman–Crippen MR) is 74.6 cm³/mol. The first kappa shape index (κ1) is 15.0. The average molecular weight is 271 g/mol. The van der Waals surface area contributed by atoms with Gasteiger partial charge in [-0.1, -0.05) is 6.92 Å². The predicted octanol–water partition coefficient (Wildman–Crippen LogP) is 1.86. The van der Waals surface area contributed by atoms with E-state index in [0.29, 0.717) is 17.3 Å². The minimum absolute atomic E-state index is 0.303. The normalized spacial score (nSPS) is 14.0. The molecule has 1 rings (SSSR count). The first-order valence-corrected chi connectivity index (χ1v) is 7.43. The highest BCUT2D eigenvalue weighted by molar-refractivity contribution is 7.85. The zero-order valence-electron chi connectivity index (χ0n) is 11.1. The van der Waals surface area contributed by atoms with E-state index in [-0.39, 0.29) is 6.04 Å². The Balaban J connectivity index is 2.88. The molecule has 0 radical (unpaired) electrons. The summed E-state index contributed by atoms with van der Waals surface area (Å²) in [4.78, 5) is 0. The second kappa shape index (κ2) is 7.38. The summed E-state index contributed by atoms with van der Waals surface area (Å²) in [5.74, 6) is 2.55. The first-order valence-electron chi connectivity index (χ1n) is 5.94. The summed E-state index contributed by atoms with van der Waals surface area (Å²) in [7, 11) is 2.31. The highest BCUT2D eigenvalue weighted by atomic mass is 32.2. The Morgan fingerprint density at radius 3 is 2.61 bits per heavy atom. The highest BCUT2D eigenvalue weighted by Gasteiger charge is 2.15. The van der Waals surface area contributed by atoms with Gasteiger partial charge in [-0.25, -0.2) is 0 Å². The molecule has 0 aliphatic carbocycles. The Kier molecular flexibility index (Phi) is 6.15. The van der Waals surface area contributed by atoms with Crippen molar-refractivity contribution in [2.75, 3.05) is 25.7 Å². The first-order chi connectivity index (χ1) is 8.62. The third-order valence-corrected chi connectivity index (χ3v) is 4.23. The lowest BCUT2D eigenvalue weighted by Gasteiger charge is -2.16. The zero-order chi connectivity index (χ0) is 13.5. The maximum Gasteiger partial charge on any atom is 0.123 e. The SMILES string of the molecule is CCCS(=O)CC(N)c1cc(OC)ccc1OC. The van der Waals surface area contributed by atoms with Crippen LogP contribution in [0.5, 0.6) is 11.5 Å². The smallest absolute Gasteiger partial charge is 0.123 e. The number of rotatable bonds is 7. The lowest BCUT2D eigenvalue weighted by atomic mass is 10.1. The molecule has 2 N–H and O–H groups in total. The van der Waals surface area contributed by atoms with Gasteiger partial charge in [-0.05, 0) is 24.6 Å². The van der Waals surface area contributed by atoms with E-state index in [4.69, 9.17) is 15.2 Å². The van der Waals surface area contributed by atoms with Gasteiger partial charge in [-0.15, -0.1) is 0 Å². The van der Waals surface area contributed by atoms with Crippen LogP contribution < -0.4 is 15.2 Å². The van der Waals surface area contributed by atoms with Gasteiger partial charge in [0.15, 0.2) is 0 Å². The molecule has 0 bridgehead atoms. The van der Waals surface area contributed by atoms with Gasteiger partial charge in [0.25, 0.3) is 0 Å². The van der Waals surface area contributed by atoms with Gasteiger partial charge < -0.3 is 15.2 Å². The highest BCUT2D eigenvalue weighted by Crippen LogP contribution is 2.28. The summed E-state index contributed by atoms with van der Waals surface area (Å²) in [5, 5.41) is 0. The standard InChI is InChI=1S/C13H21NO3S/c1-4-7-18(15)9-12(14)11-8-10(16-2)5-6-13(11)17-3/h5-6,8,12H,4,7,9,14H2,1-3H3. The van der Waals surface area contributed by atoms with E-state index in [1.54, 1.807) is 14.2 Å². The number of hydrogen-bond acceptors (Lipinski definition) is 4. The van der Waals surface area contributed by atoms with Crippen molar-refractivity contribution < 1.29 is 13.7 Å². The molecule has 0 heterocycles. The number of hydrogen-bond donors (Lipinski definition) is 1. The second-order valence-corrected chi connectivity index (χ2v) is 5.65. The molecule has 0 saturated heterocycles. The summed E-state index contributed by atoms with van der Waals surface area (Å²) in [6, 6.07) is 5.17. The Morgan fingerprint density at radius 2 is 2.06 bits per heavy atom. The van der Waals surface area contributed by atoms with Crippen molar-refractivity contribution in [3.05, 3.63) is 23.8 Å². The number of nitrogens with two attached hydrogens (primary N) is 1.